The summed E-state index contributed by atoms with van der Waals surface area (Å²) in [5.41, 5.74) is -0.193. The number of hydrogen-bond acceptors (Lipinski definition) is 2. The van der Waals surface area contributed by atoms with Gasteiger partial charge in [0.05, 0.1) is 0 Å². The van der Waals surface area contributed by atoms with Crippen LogP contribution in [0.3, 0.4) is 0 Å². The zero-order valence-corrected chi connectivity index (χ0v) is 11.8. The average Bonchev–Trinajstić information content (AvgIpc) is 3.09. The first-order valence-electron chi connectivity index (χ1n) is 6.89. The Hall–Kier alpha value is -3.06. The van der Waals surface area contributed by atoms with Crippen molar-refractivity contribution in [2.75, 3.05) is 0 Å². The van der Waals surface area contributed by atoms with Crippen LogP contribution in [0.25, 0.3) is 0 Å². The number of carboxylic acids is 1. The predicted octanol–water partition coefficient (Wildman–Crippen LogP) is 2.46. The SMILES string of the molecule is O=C(O)C1C=CC=CC1(C#Cc1ccccc1)n1cccn1. The van der Waals surface area contributed by atoms with E-state index in [0.29, 0.717) is 0 Å². The Labute approximate surface area is 128 Å². The Balaban J connectivity index is 2.13. The highest BCUT2D eigenvalue weighted by Crippen LogP contribution is 2.31. The number of rotatable bonds is 2. The van der Waals surface area contributed by atoms with Crippen molar-refractivity contribution in [1.29, 1.82) is 0 Å². The monoisotopic (exact) mass is 290 g/mol. The van der Waals surface area contributed by atoms with E-state index >= 15 is 0 Å². The van der Waals surface area contributed by atoms with Gasteiger partial charge in [-0.2, -0.15) is 5.10 Å². The highest BCUT2D eigenvalue weighted by atomic mass is 16.4. The van der Waals surface area contributed by atoms with Gasteiger partial charge in [-0.1, -0.05) is 48.3 Å². The molecule has 108 valence electrons. The molecule has 0 radical (unpaired) electrons. The third kappa shape index (κ3) is 2.45. The molecular weight excluding hydrogens is 276 g/mol. The lowest BCUT2D eigenvalue weighted by Gasteiger charge is -2.31. The van der Waals surface area contributed by atoms with Gasteiger partial charge in [-0.25, -0.2) is 4.68 Å². The Kier molecular flexibility index (Phi) is 3.63. The normalized spacial score (nSPS) is 22.8. The molecule has 0 bridgehead atoms. The predicted molar refractivity (Wildman–Crippen MR) is 82.9 cm³/mol. The summed E-state index contributed by atoms with van der Waals surface area (Å²) in [7, 11) is 0. The first-order valence-corrected chi connectivity index (χ1v) is 6.89. The first-order chi connectivity index (χ1) is 10.7. The summed E-state index contributed by atoms with van der Waals surface area (Å²) in [6.45, 7) is 0. The molecule has 0 spiro atoms. The van der Waals surface area contributed by atoms with E-state index in [1.165, 1.54) is 0 Å². The maximum absolute atomic E-state index is 11.7. The Morgan fingerprint density at radius 1 is 1.23 bits per heavy atom. The molecule has 1 N–H and O–H groups in total. The van der Waals surface area contributed by atoms with Crippen LogP contribution in [0.5, 0.6) is 0 Å². The summed E-state index contributed by atoms with van der Waals surface area (Å²) in [5.74, 6) is 4.46. The van der Waals surface area contributed by atoms with E-state index < -0.39 is 17.4 Å². The van der Waals surface area contributed by atoms with Crippen LogP contribution in [0.2, 0.25) is 0 Å². The molecule has 0 saturated carbocycles. The van der Waals surface area contributed by atoms with Gasteiger partial charge < -0.3 is 5.11 Å². The van der Waals surface area contributed by atoms with Crippen LogP contribution in [0.1, 0.15) is 5.56 Å². The second kappa shape index (κ2) is 5.74. The largest absolute Gasteiger partial charge is 0.481 e. The third-order valence-corrected chi connectivity index (χ3v) is 3.57. The van der Waals surface area contributed by atoms with Crippen molar-refractivity contribution >= 4 is 5.97 Å². The minimum atomic E-state index is -1.03. The van der Waals surface area contributed by atoms with Crippen LogP contribution in [0.15, 0.2) is 73.1 Å². The smallest absolute Gasteiger partial charge is 0.314 e. The zero-order chi connectivity index (χ0) is 15.4. The Morgan fingerprint density at radius 2 is 2.05 bits per heavy atom. The molecule has 1 aromatic carbocycles. The first kappa shape index (κ1) is 13.9. The number of aliphatic carboxylic acids is 1. The van der Waals surface area contributed by atoms with Gasteiger partial charge in [0.1, 0.15) is 5.92 Å². The second-order valence-corrected chi connectivity index (χ2v) is 4.95. The molecule has 0 fully saturated rings. The van der Waals surface area contributed by atoms with Crippen molar-refractivity contribution in [3.05, 3.63) is 78.7 Å². The van der Waals surface area contributed by atoms with Gasteiger partial charge in [-0.3, -0.25) is 4.79 Å². The number of nitrogens with zero attached hydrogens (tertiary/aromatic N) is 2. The van der Waals surface area contributed by atoms with Crippen molar-refractivity contribution in [2.45, 2.75) is 5.54 Å². The van der Waals surface area contributed by atoms with Gasteiger partial charge in [-0.05, 0) is 24.3 Å². The van der Waals surface area contributed by atoms with Gasteiger partial charge in [-0.15, -0.1) is 0 Å². The topological polar surface area (TPSA) is 55.1 Å². The van der Waals surface area contributed by atoms with E-state index in [-0.39, 0.29) is 0 Å². The summed E-state index contributed by atoms with van der Waals surface area (Å²) < 4.78 is 1.60. The molecule has 4 nitrogen and oxygen atoms in total. The van der Waals surface area contributed by atoms with E-state index in [0.717, 1.165) is 5.56 Å². The molecule has 1 heterocycles. The van der Waals surface area contributed by atoms with Crippen LogP contribution in [0.4, 0.5) is 0 Å². The summed E-state index contributed by atoms with van der Waals surface area (Å²) in [6.07, 6.45) is 10.3. The van der Waals surface area contributed by atoms with Gasteiger partial charge in [0.25, 0.3) is 0 Å². The Bertz CT molecular complexity index is 779. The van der Waals surface area contributed by atoms with E-state index in [1.807, 2.05) is 30.3 Å². The lowest BCUT2D eigenvalue weighted by Crippen LogP contribution is -2.43. The lowest BCUT2D eigenvalue weighted by molar-refractivity contribution is -0.142. The molecule has 0 amide bonds. The highest BCUT2D eigenvalue weighted by molar-refractivity contribution is 5.76. The molecule has 4 heteroatoms. The molecule has 22 heavy (non-hydrogen) atoms. The molecular formula is C18H14N2O2. The molecule has 1 aliphatic carbocycles. The number of carboxylic acid groups (broad SMARTS) is 1. The van der Waals surface area contributed by atoms with Gasteiger partial charge in [0.15, 0.2) is 5.54 Å². The summed E-state index contributed by atoms with van der Waals surface area (Å²) >= 11 is 0. The number of allylic oxidation sites excluding steroid dienone is 3. The van der Waals surface area contributed by atoms with Gasteiger partial charge in [0.2, 0.25) is 0 Å². The fraction of sp³-hybridized carbons (Fsp3) is 0.111. The van der Waals surface area contributed by atoms with E-state index in [4.69, 9.17) is 0 Å². The zero-order valence-electron chi connectivity index (χ0n) is 11.8. The maximum Gasteiger partial charge on any atom is 0.314 e. The number of aromatic nitrogens is 2. The maximum atomic E-state index is 11.7. The van der Waals surface area contributed by atoms with Crippen molar-refractivity contribution in [3.63, 3.8) is 0 Å². The summed E-state index contributed by atoms with van der Waals surface area (Å²) in [4.78, 5) is 11.7. The summed E-state index contributed by atoms with van der Waals surface area (Å²) in [6, 6.07) is 11.3. The highest BCUT2D eigenvalue weighted by Gasteiger charge is 2.42. The lowest BCUT2D eigenvalue weighted by atomic mass is 9.81. The molecule has 2 unspecified atom stereocenters. The van der Waals surface area contributed by atoms with Gasteiger partial charge in [0, 0.05) is 18.0 Å². The standard InChI is InChI=1S/C18H14N2O2/c21-17(22)16-9-4-5-11-18(16,20-14-6-13-19-20)12-10-15-7-2-1-3-8-15/h1-9,11,13-14,16H,(H,21,22). The quantitative estimate of drug-likeness (QED) is 0.864. The molecule has 1 aromatic heterocycles. The molecule has 0 saturated heterocycles. The fourth-order valence-electron chi connectivity index (χ4n) is 2.48. The van der Waals surface area contributed by atoms with Crippen molar-refractivity contribution < 1.29 is 9.90 Å². The average molecular weight is 290 g/mol. The molecule has 0 aliphatic heterocycles. The molecule has 3 rings (SSSR count). The minimum absolute atomic E-state index is 0.798. The number of carbonyl (C=O) groups is 1. The van der Waals surface area contributed by atoms with E-state index in [9.17, 15) is 9.90 Å². The van der Waals surface area contributed by atoms with Crippen molar-refractivity contribution in [2.24, 2.45) is 5.92 Å². The van der Waals surface area contributed by atoms with Crippen LogP contribution in [-0.2, 0) is 10.3 Å². The molecule has 2 atom stereocenters. The molecule has 2 aromatic rings. The van der Waals surface area contributed by atoms with E-state index in [1.54, 1.807) is 47.4 Å². The van der Waals surface area contributed by atoms with Crippen molar-refractivity contribution in [1.82, 2.24) is 9.78 Å². The number of benzene rings is 1. The van der Waals surface area contributed by atoms with Crippen LogP contribution in [-0.4, -0.2) is 20.9 Å². The van der Waals surface area contributed by atoms with Crippen LogP contribution in [0, 0.1) is 17.8 Å². The van der Waals surface area contributed by atoms with Crippen molar-refractivity contribution in [3.8, 4) is 11.8 Å². The number of hydrogen-bond donors (Lipinski definition) is 1. The fourth-order valence-corrected chi connectivity index (χ4v) is 2.48. The van der Waals surface area contributed by atoms with Crippen LogP contribution >= 0.6 is 0 Å². The molecule has 1 aliphatic rings. The van der Waals surface area contributed by atoms with Crippen LogP contribution < -0.4 is 0 Å². The summed E-state index contributed by atoms with van der Waals surface area (Å²) in [5, 5.41) is 13.8. The Morgan fingerprint density at radius 3 is 2.73 bits per heavy atom. The second-order valence-electron chi connectivity index (χ2n) is 4.95. The van der Waals surface area contributed by atoms with E-state index in [2.05, 4.69) is 16.9 Å². The van der Waals surface area contributed by atoms with Gasteiger partial charge >= 0.3 is 5.97 Å². The minimum Gasteiger partial charge on any atom is -0.481 e. The third-order valence-electron chi connectivity index (χ3n) is 3.57.